The number of anilines is 1. The van der Waals surface area contributed by atoms with Crippen LogP contribution in [0.2, 0.25) is 0 Å². The highest BCUT2D eigenvalue weighted by Crippen LogP contribution is 2.31. The first-order chi connectivity index (χ1) is 10.4. The molecule has 0 unspecified atom stereocenters. The van der Waals surface area contributed by atoms with Gasteiger partial charge in [0.1, 0.15) is 0 Å². The Balaban J connectivity index is 1.87. The van der Waals surface area contributed by atoms with Crippen molar-refractivity contribution in [3.8, 4) is 0 Å². The Morgan fingerprint density at radius 1 is 1.32 bits per heavy atom. The quantitative estimate of drug-likeness (QED) is 0.847. The number of nitrogens with one attached hydrogen (secondary N) is 1. The van der Waals surface area contributed by atoms with E-state index in [4.69, 9.17) is 5.11 Å². The number of hydrogen-bond donors (Lipinski definition) is 2. The molecule has 6 heteroatoms. The Bertz CT molecular complexity index is 461. The molecule has 1 aliphatic rings. The topological polar surface area (TPSA) is 35.5 Å². The van der Waals surface area contributed by atoms with Gasteiger partial charge in [0, 0.05) is 37.5 Å². The summed E-state index contributed by atoms with van der Waals surface area (Å²) in [5, 5.41) is 12.3. The Morgan fingerprint density at radius 2 is 2.00 bits per heavy atom. The molecule has 1 saturated heterocycles. The molecule has 1 aromatic rings. The van der Waals surface area contributed by atoms with Gasteiger partial charge in [0.25, 0.3) is 0 Å². The highest BCUT2D eigenvalue weighted by Gasteiger charge is 2.30. The maximum Gasteiger partial charge on any atom is 0.416 e. The summed E-state index contributed by atoms with van der Waals surface area (Å²) in [5.41, 5.74) is 0.225. The summed E-state index contributed by atoms with van der Waals surface area (Å²) < 4.78 is 37.7. The van der Waals surface area contributed by atoms with Crippen molar-refractivity contribution in [3.05, 3.63) is 29.8 Å². The molecule has 124 valence electrons. The van der Waals surface area contributed by atoms with Gasteiger partial charge in [0.05, 0.1) is 5.56 Å². The van der Waals surface area contributed by atoms with Gasteiger partial charge in [-0.3, -0.25) is 0 Å². The number of alkyl halides is 3. The normalized spacial score (nSPS) is 20.4. The van der Waals surface area contributed by atoms with Crippen molar-refractivity contribution >= 4 is 5.69 Å². The van der Waals surface area contributed by atoms with Crippen molar-refractivity contribution in [2.24, 2.45) is 0 Å². The van der Waals surface area contributed by atoms with Gasteiger partial charge in [-0.25, -0.2) is 0 Å². The number of nitrogens with zero attached hydrogens (tertiary/aromatic N) is 1. The zero-order chi connectivity index (χ0) is 16.2. The largest absolute Gasteiger partial charge is 0.416 e. The zero-order valence-corrected chi connectivity index (χ0v) is 12.7. The van der Waals surface area contributed by atoms with Crippen LogP contribution in [0.15, 0.2) is 24.3 Å². The molecule has 0 bridgehead atoms. The van der Waals surface area contributed by atoms with Crippen molar-refractivity contribution in [2.45, 2.75) is 44.4 Å². The molecule has 0 saturated carbocycles. The number of aliphatic hydroxyl groups is 1. The van der Waals surface area contributed by atoms with E-state index in [2.05, 4.69) is 17.1 Å². The smallest absolute Gasteiger partial charge is 0.396 e. The van der Waals surface area contributed by atoms with E-state index in [9.17, 15) is 13.2 Å². The molecule has 1 fully saturated rings. The minimum Gasteiger partial charge on any atom is -0.396 e. The number of halogens is 3. The number of benzene rings is 1. The van der Waals surface area contributed by atoms with Gasteiger partial charge in [-0.15, -0.1) is 0 Å². The molecule has 22 heavy (non-hydrogen) atoms. The first-order valence-corrected chi connectivity index (χ1v) is 7.69. The number of aliphatic hydroxyl groups excluding tert-OH is 1. The van der Waals surface area contributed by atoms with E-state index in [1.54, 1.807) is 12.1 Å². The fourth-order valence-electron chi connectivity index (χ4n) is 2.88. The van der Waals surface area contributed by atoms with Gasteiger partial charge in [-0.1, -0.05) is 0 Å². The molecule has 0 radical (unpaired) electrons. The van der Waals surface area contributed by atoms with Crippen LogP contribution in [0, 0.1) is 0 Å². The molecule has 2 atom stereocenters. The predicted octanol–water partition coefficient (Wildman–Crippen LogP) is 3.03. The molecule has 0 aromatic heterocycles. The molecular formula is C16H23F3N2O. The molecule has 0 spiro atoms. The maximum atomic E-state index is 12.6. The fraction of sp³-hybridized carbons (Fsp3) is 0.625. The van der Waals surface area contributed by atoms with Gasteiger partial charge >= 0.3 is 6.18 Å². The lowest BCUT2D eigenvalue weighted by Crippen LogP contribution is -2.38. The summed E-state index contributed by atoms with van der Waals surface area (Å²) in [4.78, 5) is 2.11. The average molecular weight is 316 g/mol. The van der Waals surface area contributed by atoms with Gasteiger partial charge in [0.15, 0.2) is 0 Å². The van der Waals surface area contributed by atoms with Crippen molar-refractivity contribution in [1.29, 1.82) is 0 Å². The van der Waals surface area contributed by atoms with Crippen LogP contribution in [-0.4, -0.2) is 36.9 Å². The van der Waals surface area contributed by atoms with E-state index in [1.807, 2.05) is 0 Å². The predicted molar refractivity (Wildman–Crippen MR) is 81.0 cm³/mol. The van der Waals surface area contributed by atoms with Crippen molar-refractivity contribution < 1.29 is 18.3 Å². The van der Waals surface area contributed by atoms with Crippen LogP contribution >= 0.6 is 0 Å². The van der Waals surface area contributed by atoms with Crippen LogP contribution in [0.25, 0.3) is 0 Å². The molecule has 0 aliphatic carbocycles. The maximum absolute atomic E-state index is 12.6. The third-order valence-corrected chi connectivity index (χ3v) is 4.06. The molecule has 1 heterocycles. The lowest BCUT2D eigenvalue weighted by molar-refractivity contribution is -0.137. The van der Waals surface area contributed by atoms with Crippen LogP contribution in [0.1, 0.15) is 31.7 Å². The second kappa shape index (κ2) is 7.33. The van der Waals surface area contributed by atoms with E-state index in [1.165, 1.54) is 0 Å². The highest BCUT2D eigenvalue weighted by molar-refractivity contribution is 5.49. The van der Waals surface area contributed by atoms with Crippen LogP contribution in [0.4, 0.5) is 18.9 Å². The van der Waals surface area contributed by atoms with Crippen LogP contribution in [0.3, 0.4) is 0 Å². The van der Waals surface area contributed by atoms with Crippen molar-refractivity contribution in [1.82, 2.24) is 5.32 Å². The minimum absolute atomic E-state index is 0.203. The Kier molecular flexibility index (Phi) is 5.69. The second-order valence-corrected chi connectivity index (χ2v) is 5.91. The van der Waals surface area contributed by atoms with Gasteiger partial charge < -0.3 is 15.3 Å². The monoisotopic (exact) mass is 316 g/mol. The summed E-state index contributed by atoms with van der Waals surface area (Å²) in [5.74, 6) is 0. The van der Waals surface area contributed by atoms with Gasteiger partial charge in [0.2, 0.25) is 0 Å². The van der Waals surface area contributed by atoms with E-state index >= 15 is 0 Å². The molecular weight excluding hydrogens is 293 g/mol. The third kappa shape index (κ3) is 4.61. The lowest BCUT2D eigenvalue weighted by Gasteiger charge is -2.22. The van der Waals surface area contributed by atoms with Crippen LogP contribution in [0.5, 0.6) is 0 Å². The summed E-state index contributed by atoms with van der Waals surface area (Å²) in [7, 11) is 0. The molecule has 1 aliphatic heterocycles. The Hall–Kier alpha value is -1.27. The molecule has 2 rings (SSSR count). The summed E-state index contributed by atoms with van der Waals surface area (Å²) in [6.07, 6.45) is -1.60. The van der Waals surface area contributed by atoms with Crippen molar-refractivity contribution in [3.63, 3.8) is 0 Å². The molecule has 3 nitrogen and oxygen atoms in total. The molecule has 2 N–H and O–H groups in total. The standard InChI is InChI=1S/C16H23F3N2O/c1-12(3-2-10-22)20-14-8-9-21(11-14)15-6-4-13(5-7-15)16(17,18)19/h4-7,12,14,20,22H,2-3,8-11H2,1H3/t12-,14+/m0/s1. The first kappa shape index (κ1) is 17.1. The van der Waals surface area contributed by atoms with Gasteiger partial charge in [-0.2, -0.15) is 13.2 Å². The summed E-state index contributed by atoms with van der Waals surface area (Å²) >= 11 is 0. The number of rotatable bonds is 6. The van der Waals surface area contributed by atoms with E-state index < -0.39 is 11.7 Å². The van der Waals surface area contributed by atoms with Gasteiger partial charge in [-0.05, 0) is 50.5 Å². The van der Waals surface area contributed by atoms with E-state index in [-0.39, 0.29) is 6.61 Å². The lowest BCUT2D eigenvalue weighted by atomic mass is 10.1. The van der Waals surface area contributed by atoms with Crippen LogP contribution < -0.4 is 10.2 Å². The van der Waals surface area contributed by atoms with Crippen molar-refractivity contribution in [2.75, 3.05) is 24.6 Å². The fourth-order valence-corrected chi connectivity index (χ4v) is 2.88. The second-order valence-electron chi connectivity index (χ2n) is 5.91. The highest BCUT2D eigenvalue weighted by atomic mass is 19.4. The Labute approximate surface area is 129 Å². The SMILES string of the molecule is C[C@@H](CCCO)N[C@@H]1CCN(c2ccc(C(F)(F)F)cc2)C1. The zero-order valence-electron chi connectivity index (χ0n) is 12.7. The average Bonchev–Trinajstić information content (AvgIpc) is 2.93. The third-order valence-electron chi connectivity index (χ3n) is 4.06. The van der Waals surface area contributed by atoms with Crippen LogP contribution in [-0.2, 0) is 6.18 Å². The Morgan fingerprint density at radius 3 is 2.59 bits per heavy atom. The molecule has 1 aromatic carbocycles. The number of hydrogen-bond acceptors (Lipinski definition) is 3. The summed E-state index contributed by atoms with van der Waals surface area (Å²) in [6, 6.07) is 6.04. The first-order valence-electron chi connectivity index (χ1n) is 7.69. The van der Waals surface area contributed by atoms with E-state index in [0.717, 1.165) is 50.2 Å². The summed E-state index contributed by atoms with van der Waals surface area (Å²) in [6.45, 7) is 3.94. The van der Waals surface area contributed by atoms with E-state index in [0.29, 0.717) is 12.1 Å². The molecule has 0 amide bonds. The minimum atomic E-state index is -4.28.